The number of nitrogens with zero attached hydrogens (tertiary/aromatic N) is 2. The first-order valence-corrected chi connectivity index (χ1v) is 9.29. The topological polar surface area (TPSA) is 52.7 Å². The highest BCUT2D eigenvalue weighted by Crippen LogP contribution is 2.20. The third kappa shape index (κ3) is 4.32. The Morgan fingerprint density at radius 1 is 1.30 bits per heavy atom. The van der Waals surface area contributed by atoms with E-state index in [0.717, 1.165) is 38.9 Å². The van der Waals surface area contributed by atoms with Crippen LogP contribution in [0.2, 0.25) is 0 Å². The second-order valence-corrected chi connectivity index (χ2v) is 7.68. The average Bonchev–Trinajstić information content (AvgIpc) is 3.05. The van der Waals surface area contributed by atoms with Crippen molar-refractivity contribution in [1.29, 1.82) is 0 Å². The van der Waals surface area contributed by atoms with Gasteiger partial charge < -0.3 is 10.2 Å². The summed E-state index contributed by atoms with van der Waals surface area (Å²) >= 11 is 1.80. The molecule has 1 aromatic heterocycles. The Kier molecular flexibility index (Phi) is 5.33. The van der Waals surface area contributed by atoms with Gasteiger partial charge in [-0.05, 0) is 30.7 Å². The van der Waals surface area contributed by atoms with Crippen LogP contribution < -0.4 is 5.32 Å². The van der Waals surface area contributed by atoms with E-state index in [1.54, 1.807) is 23.3 Å². The van der Waals surface area contributed by atoms with Crippen molar-refractivity contribution in [3.05, 3.63) is 22.4 Å². The normalized spacial score (nSPS) is 24.0. The van der Waals surface area contributed by atoms with E-state index < -0.39 is 0 Å². The first-order chi connectivity index (χ1) is 11.1. The van der Waals surface area contributed by atoms with Crippen molar-refractivity contribution in [2.45, 2.75) is 38.3 Å². The molecule has 0 unspecified atom stereocenters. The molecule has 6 heteroatoms. The van der Waals surface area contributed by atoms with Gasteiger partial charge in [0.1, 0.15) is 0 Å². The highest BCUT2D eigenvalue weighted by molar-refractivity contribution is 7.09. The van der Waals surface area contributed by atoms with Crippen LogP contribution in [0.4, 0.5) is 0 Å². The largest absolute Gasteiger partial charge is 0.353 e. The third-order valence-electron chi connectivity index (χ3n) is 4.92. The molecule has 3 heterocycles. The number of likely N-dealkylation sites (tertiary alicyclic amines) is 2. The molecular weight excluding hydrogens is 310 g/mol. The minimum atomic E-state index is -0.136. The van der Waals surface area contributed by atoms with Crippen LogP contribution in [0.5, 0.6) is 0 Å². The fourth-order valence-corrected chi connectivity index (χ4v) is 4.09. The molecule has 0 spiro atoms. The predicted octanol–water partition coefficient (Wildman–Crippen LogP) is 1.70. The fraction of sp³-hybridized carbons (Fsp3) is 0.647. The first-order valence-electron chi connectivity index (χ1n) is 8.41. The van der Waals surface area contributed by atoms with Gasteiger partial charge in [-0.2, -0.15) is 0 Å². The Balaban J connectivity index is 1.41. The zero-order valence-electron chi connectivity index (χ0n) is 13.7. The molecule has 5 nitrogen and oxygen atoms in total. The van der Waals surface area contributed by atoms with Gasteiger partial charge in [-0.3, -0.25) is 14.5 Å². The van der Waals surface area contributed by atoms with E-state index >= 15 is 0 Å². The zero-order valence-corrected chi connectivity index (χ0v) is 14.5. The molecule has 2 aliphatic rings. The highest BCUT2D eigenvalue weighted by Gasteiger charge is 2.30. The summed E-state index contributed by atoms with van der Waals surface area (Å²) in [6.45, 7) is 3.75. The van der Waals surface area contributed by atoms with Crippen molar-refractivity contribution in [3.63, 3.8) is 0 Å². The van der Waals surface area contributed by atoms with Gasteiger partial charge in [0.15, 0.2) is 0 Å². The summed E-state index contributed by atoms with van der Waals surface area (Å²) in [6, 6.07) is 4.53. The van der Waals surface area contributed by atoms with E-state index in [0.29, 0.717) is 13.0 Å². The van der Waals surface area contributed by atoms with Gasteiger partial charge in [0.2, 0.25) is 11.8 Å². The summed E-state index contributed by atoms with van der Waals surface area (Å²) in [5.41, 5.74) is 0. The van der Waals surface area contributed by atoms with Crippen LogP contribution >= 0.6 is 11.3 Å². The van der Waals surface area contributed by atoms with E-state index in [4.69, 9.17) is 0 Å². The van der Waals surface area contributed by atoms with Crippen LogP contribution in [0.15, 0.2) is 17.5 Å². The van der Waals surface area contributed by atoms with Gasteiger partial charge in [0, 0.05) is 56.5 Å². The molecule has 3 rings (SSSR count). The Morgan fingerprint density at radius 2 is 2.09 bits per heavy atom. The molecule has 0 radical (unpaired) electrons. The van der Waals surface area contributed by atoms with Crippen molar-refractivity contribution in [2.24, 2.45) is 5.92 Å². The number of hydrogen-bond donors (Lipinski definition) is 1. The molecule has 0 bridgehead atoms. The van der Waals surface area contributed by atoms with Crippen LogP contribution in [-0.4, -0.2) is 54.3 Å². The Labute approximate surface area is 141 Å². The van der Waals surface area contributed by atoms with Crippen LogP contribution in [0.3, 0.4) is 0 Å². The molecule has 1 atom stereocenters. The molecule has 0 aliphatic carbocycles. The lowest BCUT2D eigenvalue weighted by atomic mass is 9.94. The molecule has 2 aliphatic heterocycles. The minimum absolute atomic E-state index is 0.0724. The van der Waals surface area contributed by atoms with Crippen LogP contribution in [0.25, 0.3) is 0 Å². The summed E-state index contributed by atoms with van der Waals surface area (Å²) < 4.78 is 0. The monoisotopic (exact) mass is 335 g/mol. The third-order valence-corrected chi connectivity index (χ3v) is 5.79. The maximum atomic E-state index is 12.4. The van der Waals surface area contributed by atoms with Crippen molar-refractivity contribution in [1.82, 2.24) is 15.1 Å². The van der Waals surface area contributed by atoms with Crippen molar-refractivity contribution in [2.75, 3.05) is 26.7 Å². The molecule has 23 heavy (non-hydrogen) atoms. The van der Waals surface area contributed by atoms with Gasteiger partial charge in [-0.25, -0.2) is 0 Å². The fourth-order valence-electron chi connectivity index (χ4n) is 3.34. The molecule has 2 amide bonds. The van der Waals surface area contributed by atoms with Gasteiger partial charge in [-0.1, -0.05) is 6.07 Å². The first kappa shape index (κ1) is 16.5. The van der Waals surface area contributed by atoms with Crippen LogP contribution in [0, 0.1) is 5.92 Å². The van der Waals surface area contributed by atoms with Gasteiger partial charge >= 0.3 is 0 Å². The molecule has 1 N–H and O–H groups in total. The number of thiophene rings is 1. The number of hydrogen-bond acceptors (Lipinski definition) is 4. The van der Waals surface area contributed by atoms with E-state index in [1.165, 1.54) is 4.88 Å². The second-order valence-electron chi connectivity index (χ2n) is 6.64. The maximum Gasteiger partial charge on any atom is 0.223 e. The Hall–Kier alpha value is -1.40. The van der Waals surface area contributed by atoms with E-state index in [2.05, 4.69) is 27.7 Å². The molecule has 126 valence electrons. The molecule has 1 aromatic rings. The number of amides is 2. The standard InChI is InChI=1S/C17H25N3O2S/c1-19-7-4-13(11-16(19)21)17(22)18-14-5-8-20(9-6-14)12-15-3-2-10-23-15/h2-3,10,13-14H,4-9,11-12H2,1H3,(H,18,22)/t13-/m0/s1. The Bertz CT molecular complexity index is 538. The number of nitrogens with one attached hydrogen (secondary N) is 1. The lowest BCUT2D eigenvalue weighted by Gasteiger charge is -2.34. The lowest BCUT2D eigenvalue weighted by molar-refractivity contribution is -0.139. The summed E-state index contributed by atoms with van der Waals surface area (Å²) in [7, 11) is 1.81. The van der Waals surface area contributed by atoms with Gasteiger partial charge in [-0.15, -0.1) is 11.3 Å². The number of carbonyl (C=O) groups excluding carboxylic acids is 2. The van der Waals surface area contributed by atoms with Crippen molar-refractivity contribution >= 4 is 23.2 Å². The number of carbonyl (C=O) groups is 2. The lowest BCUT2D eigenvalue weighted by Crippen LogP contribution is -2.48. The predicted molar refractivity (Wildman–Crippen MR) is 91.1 cm³/mol. The number of piperidine rings is 2. The molecule has 2 saturated heterocycles. The summed E-state index contributed by atoms with van der Waals surface area (Å²) in [6.07, 6.45) is 3.14. The number of rotatable bonds is 4. The van der Waals surface area contributed by atoms with E-state index in [1.807, 2.05) is 0 Å². The minimum Gasteiger partial charge on any atom is -0.353 e. The van der Waals surface area contributed by atoms with E-state index in [-0.39, 0.29) is 23.8 Å². The van der Waals surface area contributed by atoms with Crippen molar-refractivity contribution < 1.29 is 9.59 Å². The molecule has 2 fully saturated rings. The molecule has 0 aromatic carbocycles. The summed E-state index contributed by atoms with van der Waals surface area (Å²) in [4.78, 5) is 29.7. The zero-order chi connectivity index (χ0) is 16.2. The molecule has 0 saturated carbocycles. The van der Waals surface area contributed by atoms with Crippen LogP contribution in [0.1, 0.15) is 30.6 Å². The van der Waals surface area contributed by atoms with Gasteiger partial charge in [0.05, 0.1) is 0 Å². The maximum absolute atomic E-state index is 12.4. The average molecular weight is 335 g/mol. The van der Waals surface area contributed by atoms with Crippen molar-refractivity contribution in [3.8, 4) is 0 Å². The Morgan fingerprint density at radius 3 is 2.74 bits per heavy atom. The molecular formula is C17H25N3O2S. The SMILES string of the molecule is CN1CC[C@H](C(=O)NC2CCN(Cc3cccs3)CC2)CC1=O. The summed E-state index contributed by atoms with van der Waals surface area (Å²) in [5, 5.41) is 5.29. The highest BCUT2D eigenvalue weighted by atomic mass is 32.1. The van der Waals surface area contributed by atoms with E-state index in [9.17, 15) is 9.59 Å². The van der Waals surface area contributed by atoms with Gasteiger partial charge in [0.25, 0.3) is 0 Å². The summed E-state index contributed by atoms with van der Waals surface area (Å²) in [5.74, 6) is 0.0215. The smallest absolute Gasteiger partial charge is 0.223 e. The second kappa shape index (κ2) is 7.45. The quantitative estimate of drug-likeness (QED) is 0.911. The van der Waals surface area contributed by atoms with Crippen LogP contribution in [-0.2, 0) is 16.1 Å².